The quantitative estimate of drug-likeness (QED) is 0.855. The topological polar surface area (TPSA) is 38.5 Å². The third-order valence-electron chi connectivity index (χ3n) is 3.64. The Morgan fingerprint density at radius 3 is 2.63 bits per heavy atom. The van der Waals surface area contributed by atoms with Crippen LogP contribution in [0.4, 0.5) is 20.2 Å². The zero-order valence-corrected chi connectivity index (χ0v) is 11.1. The summed E-state index contributed by atoms with van der Waals surface area (Å²) in [4.78, 5) is 2.02. The zero-order chi connectivity index (χ0) is 13.8. The van der Waals surface area contributed by atoms with Crippen molar-refractivity contribution in [2.24, 2.45) is 5.92 Å². The molecule has 0 radical (unpaired) electrons. The number of ether oxygens (including phenoxy) is 1. The summed E-state index contributed by atoms with van der Waals surface area (Å²) in [6.07, 6.45) is -0.544. The normalized spacial score (nSPS) is 17.2. The van der Waals surface area contributed by atoms with Gasteiger partial charge in [0.2, 0.25) is 0 Å². The fourth-order valence-electron chi connectivity index (χ4n) is 2.61. The standard InChI is InChI=1S/C14H20F2N2O/c1-19-9-10-4-6-18(7-5-10)13-3-2-11(17)8-12(13)14(15)16/h2-3,8,10,14H,4-7,9,17H2,1H3. The maximum atomic E-state index is 13.1. The van der Waals surface area contributed by atoms with Crippen LogP contribution in [0, 0.1) is 5.92 Å². The summed E-state index contributed by atoms with van der Waals surface area (Å²) in [5.41, 5.74) is 6.61. The van der Waals surface area contributed by atoms with Gasteiger partial charge < -0.3 is 15.4 Å². The molecule has 0 atom stereocenters. The van der Waals surface area contributed by atoms with Crippen molar-refractivity contribution >= 4 is 11.4 Å². The van der Waals surface area contributed by atoms with E-state index in [9.17, 15) is 8.78 Å². The predicted molar refractivity (Wildman–Crippen MR) is 72.6 cm³/mol. The van der Waals surface area contributed by atoms with Crippen LogP contribution in [0.1, 0.15) is 24.8 Å². The molecule has 0 bridgehead atoms. The van der Waals surface area contributed by atoms with Gasteiger partial charge in [-0.25, -0.2) is 8.78 Å². The van der Waals surface area contributed by atoms with Crippen molar-refractivity contribution in [3.63, 3.8) is 0 Å². The van der Waals surface area contributed by atoms with Crippen LogP contribution < -0.4 is 10.6 Å². The Bertz CT molecular complexity index is 418. The number of anilines is 2. The van der Waals surface area contributed by atoms with Gasteiger partial charge in [-0.05, 0) is 37.0 Å². The van der Waals surface area contributed by atoms with Crippen LogP contribution in [0.3, 0.4) is 0 Å². The molecule has 5 heteroatoms. The Morgan fingerprint density at radius 2 is 2.05 bits per heavy atom. The van der Waals surface area contributed by atoms with Crippen LogP contribution in [-0.4, -0.2) is 26.8 Å². The summed E-state index contributed by atoms with van der Waals surface area (Å²) in [7, 11) is 1.70. The number of halogens is 2. The average molecular weight is 270 g/mol. The first-order chi connectivity index (χ1) is 9.11. The van der Waals surface area contributed by atoms with Gasteiger partial charge in [-0.3, -0.25) is 0 Å². The molecule has 2 N–H and O–H groups in total. The van der Waals surface area contributed by atoms with E-state index in [-0.39, 0.29) is 5.56 Å². The molecule has 1 aliphatic heterocycles. The highest BCUT2D eigenvalue weighted by Crippen LogP contribution is 2.33. The minimum absolute atomic E-state index is 0.0326. The van der Waals surface area contributed by atoms with E-state index in [1.165, 1.54) is 6.07 Å². The smallest absolute Gasteiger partial charge is 0.265 e. The van der Waals surface area contributed by atoms with Crippen molar-refractivity contribution in [2.45, 2.75) is 19.3 Å². The molecular weight excluding hydrogens is 250 g/mol. The molecule has 0 aromatic heterocycles. The molecular formula is C14H20F2N2O. The van der Waals surface area contributed by atoms with E-state index >= 15 is 0 Å². The lowest BCUT2D eigenvalue weighted by Gasteiger charge is -2.34. The van der Waals surface area contributed by atoms with E-state index in [4.69, 9.17) is 10.5 Å². The molecule has 2 rings (SSSR count). The summed E-state index contributed by atoms with van der Waals surface area (Å²) in [6, 6.07) is 4.76. The number of piperidine rings is 1. The van der Waals surface area contributed by atoms with Crippen LogP contribution in [0.5, 0.6) is 0 Å². The summed E-state index contributed by atoms with van der Waals surface area (Å²) >= 11 is 0. The van der Waals surface area contributed by atoms with Crippen LogP contribution in [0.15, 0.2) is 18.2 Å². The molecule has 0 spiro atoms. The first-order valence-corrected chi connectivity index (χ1v) is 6.53. The van der Waals surface area contributed by atoms with E-state index in [0.717, 1.165) is 32.5 Å². The van der Waals surface area contributed by atoms with Gasteiger partial charge in [0.25, 0.3) is 6.43 Å². The van der Waals surface area contributed by atoms with Crippen molar-refractivity contribution in [2.75, 3.05) is 37.4 Å². The van der Waals surface area contributed by atoms with Crippen LogP contribution >= 0.6 is 0 Å². The lowest BCUT2D eigenvalue weighted by atomic mass is 9.96. The predicted octanol–water partition coefficient (Wildman–Crippen LogP) is 3.07. The molecule has 0 unspecified atom stereocenters. The molecule has 1 saturated heterocycles. The maximum absolute atomic E-state index is 13.1. The number of hydrogen-bond donors (Lipinski definition) is 1. The number of nitrogens with zero attached hydrogens (tertiary/aromatic N) is 1. The van der Waals surface area contributed by atoms with Gasteiger partial charge in [-0.1, -0.05) is 0 Å². The summed E-state index contributed by atoms with van der Waals surface area (Å²) in [6.45, 7) is 2.33. The second kappa shape index (κ2) is 6.19. The summed E-state index contributed by atoms with van der Waals surface area (Å²) in [5.74, 6) is 0.532. The first kappa shape index (κ1) is 14.1. The zero-order valence-electron chi connectivity index (χ0n) is 11.1. The largest absolute Gasteiger partial charge is 0.399 e. The fourth-order valence-corrected chi connectivity index (χ4v) is 2.61. The summed E-state index contributed by atoms with van der Waals surface area (Å²) in [5, 5.41) is 0. The number of nitrogens with two attached hydrogens (primary N) is 1. The highest BCUT2D eigenvalue weighted by atomic mass is 19.3. The van der Waals surface area contributed by atoms with Crippen molar-refractivity contribution in [1.29, 1.82) is 0 Å². The SMILES string of the molecule is COCC1CCN(c2ccc(N)cc2C(F)F)CC1. The van der Waals surface area contributed by atoms with Gasteiger partial charge in [0.15, 0.2) is 0 Å². The molecule has 1 fully saturated rings. The van der Waals surface area contributed by atoms with E-state index < -0.39 is 6.43 Å². The second-order valence-electron chi connectivity index (χ2n) is 5.00. The van der Waals surface area contributed by atoms with E-state index in [0.29, 0.717) is 17.3 Å². The van der Waals surface area contributed by atoms with E-state index in [1.54, 1.807) is 19.2 Å². The van der Waals surface area contributed by atoms with Gasteiger partial charge in [-0.2, -0.15) is 0 Å². The second-order valence-corrected chi connectivity index (χ2v) is 5.00. The number of benzene rings is 1. The Balaban J connectivity index is 2.11. The fraction of sp³-hybridized carbons (Fsp3) is 0.571. The molecule has 0 aliphatic carbocycles. The van der Waals surface area contributed by atoms with Gasteiger partial charge in [-0.15, -0.1) is 0 Å². The highest BCUT2D eigenvalue weighted by Gasteiger charge is 2.23. The minimum atomic E-state index is -2.49. The van der Waals surface area contributed by atoms with Crippen LogP contribution in [0.2, 0.25) is 0 Å². The number of rotatable bonds is 4. The Labute approximate surface area is 112 Å². The Morgan fingerprint density at radius 1 is 1.37 bits per heavy atom. The summed E-state index contributed by atoms with van der Waals surface area (Å²) < 4.78 is 31.3. The van der Waals surface area contributed by atoms with Gasteiger partial charge in [0.1, 0.15) is 0 Å². The average Bonchev–Trinajstić information content (AvgIpc) is 2.40. The van der Waals surface area contributed by atoms with Gasteiger partial charge in [0.05, 0.1) is 0 Å². The number of alkyl halides is 2. The molecule has 0 amide bonds. The number of nitrogen functional groups attached to an aromatic ring is 1. The molecule has 0 saturated carbocycles. The lowest BCUT2D eigenvalue weighted by Crippen LogP contribution is -2.35. The van der Waals surface area contributed by atoms with Crippen molar-refractivity contribution in [3.8, 4) is 0 Å². The molecule has 1 heterocycles. The van der Waals surface area contributed by atoms with Gasteiger partial charge in [0, 0.05) is 43.7 Å². The minimum Gasteiger partial charge on any atom is -0.399 e. The van der Waals surface area contributed by atoms with Crippen molar-refractivity contribution in [3.05, 3.63) is 23.8 Å². The number of hydrogen-bond acceptors (Lipinski definition) is 3. The molecule has 3 nitrogen and oxygen atoms in total. The highest BCUT2D eigenvalue weighted by molar-refractivity contribution is 5.60. The van der Waals surface area contributed by atoms with Crippen LogP contribution in [-0.2, 0) is 4.74 Å². The molecule has 1 aliphatic rings. The first-order valence-electron chi connectivity index (χ1n) is 6.53. The Kier molecular flexibility index (Phi) is 4.58. The maximum Gasteiger partial charge on any atom is 0.265 e. The third kappa shape index (κ3) is 3.35. The van der Waals surface area contributed by atoms with Crippen molar-refractivity contribution < 1.29 is 13.5 Å². The van der Waals surface area contributed by atoms with Crippen LogP contribution in [0.25, 0.3) is 0 Å². The third-order valence-corrected chi connectivity index (χ3v) is 3.64. The molecule has 19 heavy (non-hydrogen) atoms. The molecule has 1 aromatic carbocycles. The number of methoxy groups -OCH3 is 1. The van der Waals surface area contributed by atoms with Gasteiger partial charge >= 0.3 is 0 Å². The Hall–Kier alpha value is -1.36. The molecule has 1 aromatic rings. The van der Waals surface area contributed by atoms with E-state index in [2.05, 4.69) is 0 Å². The lowest BCUT2D eigenvalue weighted by molar-refractivity contribution is 0.138. The monoisotopic (exact) mass is 270 g/mol. The van der Waals surface area contributed by atoms with Crippen molar-refractivity contribution in [1.82, 2.24) is 0 Å². The van der Waals surface area contributed by atoms with E-state index in [1.807, 2.05) is 4.90 Å². The molecule has 106 valence electrons.